The quantitative estimate of drug-likeness (QED) is 0.734. The molecule has 0 heterocycles. The second-order valence-electron chi connectivity index (χ2n) is 4.75. The summed E-state index contributed by atoms with van der Waals surface area (Å²) in [6.45, 7) is 2.31. The molecule has 0 spiro atoms. The van der Waals surface area contributed by atoms with Gasteiger partial charge < -0.3 is 14.8 Å². The summed E-state index contributed by atoms with van der Waals surface area (Å²) in [7, 11) is 3.11. The molecular formula is C15H22F3NO2. The van der Waals surface area contributed by atoms with Crippen LogP contribution < -0.4 is 14.8 Å². The minimum Gasteiger partial charge on any atom is -0.493 e. The first-order valence-electron chi connectivity index (χ1n) is 6.93. The number of benzene rings is 1. The third-order valence-corrected chi connectivity index (χ3v) is 3.25. The molecule has 0 aliphatic rings. The molecule has 0 aromatic heterocycles. The number of alkyl halides is 3. The molecule has 1 N–H and O–H groups in total. The standard InChI is InChI=1S/C15H22F3NO2/c1-4-12(19-9-5-8-15(16,17)18)11-6-7-13(20-2)14(10-11)21-3/h6-7,10,12,19H,4-5,8-9H2,1-3H3. The van der Waals surface area contributed by atoms with Crippen LogP contribution in [-0.4, -0.2) is 26.9 Å². The molecule has 1 rings (SSSR count). The van der Waals surface area contributed by atoms with Gasteiger partial charge in [-0.3, -0.25) is 0 Å². The van der Waals surface area contributed by atoms with Crippen LogP contribution in [0.5, 0.6) is 11.5 Å². The smallest absolute Gasteiger partial charge is 0.389 e. The average molecular weight is 305 g/mol. The lowest BCUT2D eigenvalue weighted by atomic mass is 10.0. The number of methoxy groups -OCH3 is 2. The fraction of sp³-hybridized carbons (Fsp3) is 0.600. The van der Waals surface area contributed by atoms with Crippen LogP contribution in [0.4, 0.5) is 13.2 Å². The SMILES string of the molecule is CCC(NCCCC(F)(F)F)c1ccc(OC)c(OC)c1. The number of rotatable bonds is 8. The fourth-order valence-corrected chi connectivity index (χ4v) is 2.13. The van der Waals surface area contributed by atoms with Crippen LogP contribution in [0.1, 0.15) is 37.8 Å². The third-order valence-electron chi connectivity index (χ3n) is 3.25. The third kappa shape index (κ3) is 5.83. The van der Waals surface area contributed by atoms with E-state index in [-0.39, 0.29) is 12.5 Å². The first kappa shape index (κ1) is 17.6. The van der Waals surface area contributed by atoms with E-state index in [1.54, 1.807) is 20.3 Å². The highest BCUT2D eigenvalue weighted by Gasteiger charge is 2.26. The predicted molar refractivity (Wildman–Crippen MR) is 75.9 cm³/mol. The molecule has 6 heteroatoms. The highest BCUT2D eigenvalue weighted by molar-refractivity contribution is 5.43. The van der Waals surface area contributed by atoms with Crippen molar-refractivity contribution in [2.24, 2.45) is 0 Å². The largest absolute Gasteiger partial charge is 0.493 e. The Kier molecular flexibility index (Phi) is 6.81. The van der Waals surface area contributed by atoms with Crippen LogP contribution in [0, 0.1) is 0 Å². The molecule has 1 unspecified atom stereocenters. The molecule has 0 saturated heterocycles. The van der Waals surface area contributed by atoms with E-state index in [0.29, 0.717) is 18.0 Å². The maximum atomic E-state index is 12.1. The summed E-state index contributed by atoms with van der Waals surface area (Å²) in [6.07, 6.45) is -4.00. The number of nitrogens with one attached hydrogen (secondary N) is 1. The maximum absolute atomic E-state index is 12.1. The van der Waals surface area contributed by atoms with Crippen LogP contribution in [0.15, 0.2) is 18.2 Å². The summed E-state index contributed by atoms with van der Waals surface area (Å²) in [4.78, 5) is 0. The Morgan fingerprint density at radius 1 is 1.14 bits per heavy atom. The maximum Gasteiger partial charge on any atom is 0.389 e. The second-order valence-corrected chi connectivity index (χ2v) is 4.75. The Morgan fingerprint density at radius 2 is 1.81 bits per heavy atom. The van der Waals surface area contributed by atoms with E-state index >= 15 is 0 Å². The van der Waals surface area contributed by atoms with Gasteiger partial charge in [0.25, 0.3) is 0 Å². The molecule has 1 aromatic carbocycles. The first-order chi connectivity index (χ1) is 9.91. The van der Waals surface area contributed by atoms with Crippen LogP contribution in [0.25, 0.3) is 0 Å². The van der Waals surface area contributed by atoms with Crippen LogP contribution in [0.2, 0.25) is 0 Å². The van der Waals surface area contributed by atoms with Crippen molar-refractivity contribution in [2.45, 2.75) is 38.4 Å². The highest BCUT2D eigenvalue weighted by atomic mass is 19.4. The van der Waals surface area contributed by atoms with Crippen molar-refractivity contribution in [1.82, 2.24) is 5.32 Å². The van der Waals surface area contributed by atoms with Gasteiger partial charge in [0.05, 0.1) is 14.2 Å². The molecule has 0 aliphatic heterocycles. The molecule has 1 aromatic rings. The summed E-state index contributed by atoms with van der Waals surface area (Å²) < 4.78 is 46.7. The van der Waals surface area contributed by atoms with Crippen molar-refractivity contribution in [1.29, 1.82) is 0 Å². The molecule has 0 amide bonds. The molecule has 0 bridgehead atoms. The zero-order valence-corrected chi connectivity index (χ0v) is 12.6. The number of hydrogen-bond donors (Lipinski definition) is 1. The van der Waals surface area contributed by atoms with Gasteiger partial charge in [-0.1, -0.05) is 13.0 Å². The van der Waals surface area contributed by atoms with Gasteiger partial charge in [-0.25, -0.2) is 0 Å². The van der Waals surface area contributed by atoms with Gasteiger partial charge in [0.2, 0.25) is 0 Å². The minimum atomic E-state index is -4.09. The summed E-state index contributed by atoms with van der Waals surface area (Å²) in [5.74, 6) is 1.25. The summed E-state index contributed by atoms with van der Waals surface area (Å²) in [5.41, 5.74) is 0.974. The van der Waals surface area contributed by atoms with Gasteiger partial charge in [0, 0.05) is 12.5 Å². The van der Waals surface area contributed by atoms with E-state index in [4.69, 9.17) is 9.47 Å². The van der Waals surface area contributed by atoms with E-state index in [2.05, 4.69) is 5.32 Å². The number of hydrogen-bond acceptors (Lipinski definition) is 3. The Hall–Kier alpha value is -1.43. The number of halogens is 3. The molecule has 120 valence electrons. The van der Waals surface area contributed by atoms with E-state index in [0.717, 1.165) is 12.0 Å². The molecule has 21 heavy (non-hydrogen) atoms. The Morgan fingerprint density at radius 3 is 2.33 bits per heavy atom. The Balaban J connectivity index is 2.63. The Labute approximate surface area is 123 Å². The molecular weight excluding hydrogens is 283 g/mol. The van der Waals surface area contributed by atoms with Gasteiger partial charge in [-0.05, 0) is 37.1 Å². The van der Waals surface area contributed by atoms with Gasteiger partial charge in [-0.15, -0.1) is 0 Å². The van der Waals surface area contributed by atoms with Gasteiger partial charge in [0.15, 0.2) is 11.5 Å². The highest BCUT2D eigenvalue weighted by Crippen LogP contribution is 2.31. The van der Waals surface area contributed by atoms with Crippen LogP contribution >= 0.6 is 0 Å². The molecule has 0 fully saturated rings. The van der Waals surface area contributed by atoms with Gasteiger partial charge in [0.1, 0.15) is 0 Å². The fourth-order valence-electron chi connectivity index (χ4n) is 2.13. The topological polar surface area (TPSA) is 30.5 Å². The molecule has 1 atom stereocenters. The lowest BCUT2D eigenvalue weighted by Gasteiger charge is -2.19. The van der Waals surface area contributed by atoms with E-state index in [1.165, 1.54) is 0 Å². The van der Waals surface area contributed by atoms with Gasteiger partial charge >= 0.3 is 6.18 Å². The monoisotopic (exact) mass is 305 g/mol. The summed E-state index contributed by atoms with van der Waals surface area (Å²) in [6, 6.07) is 5.54. The van der Waals surface area contributed by atoms with Crippen molar-refractivity contribution in [2.75, 3.05) is 20.8 Å². The zero-order valence-electron chi connectivity index (χ0n) is 12.6. The van der Waals surface area contributed by atoms with Crippen molar-refractivity contribution in [3.05, 3.63) is 23.8 Å². The number of ether oxygens (including phenoxy) is 2. The first-order valence-corrected chi connectivity index (χ1v) is 6.93. The Bertz CT molecular complexity index is 435. The van der Waals surface area contributed by atoms with Crippen molar-refractivity contribution >= 4 is 0 Å². The van der Waals surface area contributed by atoms with Crippen molar-refractivity contribution in [3.63, 3.8) is 0 Å². The van der Waals surface area contributed by atoms with Crippen molar-refractivity contribution < 1.29 is 22.6 Å². The molecule has 0 saturated carbocycles. The minimum absolute atomic E-state index is 0.00182. The van der Waals surface area contributed by atoms with Crippen LogP contribution in [0.3, 0.4) is 0 Å². The second kappa shape index (κ2) is 8.12. The molecule has 3 nitrogen and oxygen atoms in total. The normalized spacial score (nSPS) is 13.0. The molecule has 0 aliphatic carbocycles. The lowest BCUT2D eigenvalue weighted by Crippen LogP contribution is -2.23. The van der Waals surface area contributed by atoms with Crippen LogP contribution in [-0.2, 0) is 0 Å². The predicted octanol–water partition coefficient (Wildman–Crippen LogP) is 4.09. The van der Waals surface area contributed by atoms with E-state index in [1.807, 2.05) is 19.1 Å². The zero-order chi connectivity index (χ0) is 15.9. The van der Waals surface area contributed by atoms with Crippen molar-refractivity contribution in [3.8, 4) is 11.5 Å². The van der Waals surface area contributed by atoms with Gasteiger partial charge in [-0.2, -0.15) is 13.2 Å². The lowest BCUT2D eigenvalue weighted by molar-refractivity contribution is -0.135. The molecule has 0 radical (unpaired) electrons. The summed E-state index contributed by atoms with van der Waals surface area (Å²) >= 11 is 0. The summed E-state index contributed by atoms with van der Waals surface area (Å²) in [5, 5.41) is 3.15. The van der Waals surface area contributed by atoms with E-state index < -0.39 is 12.6 Å². The average Bonchev–Trinajstić information content (AvgIpc) is 2.45. The van der Waals surface area contributed by atoms with E-state index in [9.17, 15) is 13.2 Å².